The van der Waals surface area contributed by atoms with Crippen molar-refractivity contribution >= 4 is 5.91 Å². The minimum absolute atomic E-state index is 0.0785. The van der Waals surface area contributed by atoms with E-state index in [0.29, 0.717) is 6.42 Å². The standard InChI is InChI=1S/C40H75NO3/c1-3-5-7-9-11-13-15-16-17-18-19-20-21-22-23-24-26-28-30-32-34-36-40(44)41-38(37-42)39(43)35-33-31-29-27-25-14-12-10-8-6-4-2/h18-19,25,27,33,35,38-39,42-43H,3-17,20-24,26,28-32,34,36-37H2,1-2H3,(H,41,44)/b19-18-,27-25+,35-33+. The van der Waals surface area contributed by atoms with E-state index in [1.807, 2.05) is 6.08 Å². The summed E-state index contributed by atoms with van der Waals surface area (Å²) < 4.78 is 0. The quantitative estimate of drug-likeness (QED) is 0.0497. The van der Waals surface area contributed by atoms with Crippen molar-refractivity contribution in [2.75, 3.05) is 6.61 Å². The monoisotopic (exact) mass is 618 g/mol. The first-order valence-electron chi connectivity index (χ1n) is 19.2. The van der Waals surface area contributed by atoms with E-state index in [1.54, 1.807) is 6.08 Å². The molecule has 0 aliphatic rings. The van der Waals surface area contributed by atoms with Gasteiger partial charge in [0, 0.05) is 6.42 Å². The van der Waals surface area contributed by atoms with Gasteiger partial charge in [-0.05, 0) is 57.8 Å². The van der Waals surface area contributed by atoms with Crippen molar-refractivity contribution < 1.29 is 15.0 Å². The van der Waals surface area contributed by atoms with Gasteiger partial charge in [-0.2, -0.15) is 0 Å². The third kappa shape index (κ3) is 32.0. The Kier molecular flexibility index (Phi) is 34.9. The molecular formula is C40H75NO3. The van der Waals surface area contributed by atoms with Crippen molar-refractivity contribution in [3.05, 3.63) is 36.5 Å². The van der Waals surface area contributed by atoms with Gasteiger partial charge in [-0.25, -0.2) is 0 Å². The van der Waals surface area contributed by atoms with E-state index in [-0.39, 0.29) is 12.5 Å². The molecule has 1 amide bonds. The van der Waals surface area contributed by atoms with Crippen LogP contribution in [-0.2, 0) is 4.79 Å². The minimum atomic E-state index is -0.859. The van der Waals surface area contributed by atoms with Crippen LogP contribution in [0.4, 0.5) is 0 Å². The van der Waals surface area contributed by atoms with Crippen LogP contribution in [0.2, 0.25) is 0 Å². The number of hydrogen-bond acceptors (Lipinski definition) is 3. The van der Waals surface area contributed by atoms with Crippen molar-refractivity contribution in [3.63, 3.8) is 0 Å². The Morgan fingerprint density at radius 2 is 0.886 bits per heavy atom. The molecule has 0 saturated carbocycles. The molecule has 0 saturated heterocycles. The second-order valence-corrected chi connectivity index (χ2v) is 13.0. The van der Waals surface area contributed by atoms with E-state index in [1.165, 1.54) is 141 Å². The number of hydrogen-bond donors (Lipinski definition) is 3. The van der Waals surface area contributed by atoms with Crippen LogP contribution in [0.15, 0.2) is 36.5 Å². The van der Waals surface area contributed by atoms with Gasteiger partial charge in [-0.3, -0.25) is 4.79 Å². The fraction of sp³-hybridized carbons (Fsp3) is 0.825. The summed E-state index contributed by atoms with van der Waals surface area (Å²) in [4.78, 5) is 12.3. The van der Waals surface area contributed by atoms with Gasteiger partial charge in [-0.15, -0.1) is 0 Å². The first-order valence-corrected chi connectivity index (χ1v) is 19.2. The van der Waals surface area contributed by atoms with Gasteiger partial charge in [0.25, 0.3) is 0 Å². The van der Waals surface area contributed by atoms with Crippen LogP contribution < -0.4 is 5.32 Å². The van der Waals surface area contributed by atoms with Crippen molar-refractivity contribution in [2.45, 2.75) is 206 Å². The summed E-state index contributed by atoms with van der Waals surface area (Å²) in [6.45, 7) is 4.26. The zero-order valence-corrected chi connectivity index (χ0v) is 29.4. The topological polar surface area (TPSA) is 69.6 Å². The summed E-state index contributed by atoms with van der Waals surface area (Å²) in [5.41, 5.74) is 0. The highest BCUT2D eigenvalue weighted by atomic mass is 16.3. The van der Waals surface area contributed by atoms with Crippen LogP contribution in [0.5, 0.6) is 0 Å². The number of carbonyl (C=O) groups is 1. The molecular weight excluding hydrogens is 542 g/mol. The molecule has 0 aromatic heterocycles. The minimum Gasteiger partial charge on any atom is -0.394 e. The molecule has 0 aromatic carbocycles. The molecule has 3 N–H and O–H groups in total. The third-order valence-electron chi connectivity index (χ3n) is 8.60. The number of rotatable bonds is 34. The highest BCUT2D eigenvalue weighted by Crippen LogP contribution is 2.13. The van der Waals surface area contributed by atoms with Gasteiger partial charge in [0.2, 0.25) is 5.91 Å². The number of carbonyl (C=O) groups excluding carboxylic acids is 1. The van der Waals surface area contributed by atoms with Gasteiger partial charge in [0.1, 0.15) is 0 Å². The number of aliphatic hydroxyl groups excluding tert-OH is 2. The molecule has 0 aromatic rings. The molecule has 0 radical (unpaired) electrons. The van der Waals surface area contributed by atoms with Crippen molar-refractivity contribution in [2.24, 2.45) is 0 Å². The van der Waals surface area contributed by atoms with Crippen LogP contribution in [0, 0.1) is 0 Å². The average Bonchev–Trinajstić information content (AvgIpc) is 3.03. The van der Waals surface area contributed by atoms with Crippen molar-refractivity contribution in [1.82, 2.24) is 5.32 Å². The first-order chi connectivity index (χ1) is 21.7. The van der Waals surface area contributed by atoms with Crippen molar-refractivity contribution in [3.8, 4) is 0 Å². The van der Waals surface area contributed by atoms with E-state index in [9.17, 15) is 15.0 Å². The summed E-state index contributed by atoms with van der Waals surface area (Å²) in [6.07, 6.45) is 46.7. The fourth-order valence-corrected chi connectivity index (χ4v) is 5.60. The number of allylic oxidation sites excluding steroid dienone is 5. The van der Waals surface area contributed by atoms with Crippen LogP contribution in [0.25, 0.3) is 0 Å². The zero-order chi connectivity index (χ0) is 32.2. The second kappa shape index (κ2) is 36.1. The largest absolute Gasteiger partial charge is 0.394 e. The Bertz CT molecular complexity index is 672. The maximum Gasteiger partial charge on any atom is 0.220 e. The lowest BCUT2D eigenvalue weighted by Crippen LogP contribution is -2.45. The molecule has 2 unspecified atom stereocenters. The van der Waals surface area contributed by atoms with E-state index < -0.39 is 12.1 Å². The van der Waals surface area contributed by atoms with E-state index in [2.05, 4.69) is 43.5 Å². The van der Waals surface area contributed by atoms with E-state index >= 15 is 0 Å². The van der Waals surface area contributed by atoms with Crippen LogP contribution in [0.1, 0.15) is 194 Å². The highest BCUT2D eigenvalue weighted by Gasteiger charge is 2.17. The summed E-state index contributed by atoms with van der Waals surface area (Å²) in [7, 11) is 0. The smallest absolute Gasteiger partial charge is 0.220 e. The molecule has 0 rings (SSSR count). The molecule has 44 heavy (non-hydrogen) atoms. The van der Waals surface area contributed by atoms with Gasteiger partial charge < -0.3 is 15.5 Å². The molecule has 0 bridgehead atoms. The second-order valence-electron chi connectivity index (χ2n) is 13.0. The Balaban J connectivity index is 3.59. The fourth-order valence-electron chi connectivity index (χ4n) is 5.60. The van der Waals surface area contributed by atoms with Gasteiger partial charge >= 0.3 is 0 Å². The Hall–Kier alpha value is -1.39. The number of aliphatic hydroxyl groups is 2. The molecule has 0 aliphatic carbocycles. The van der Waals surface area contributed by atoms with Crippen LogP contribution in [-0.4, -0.2) is 34.9 Å². The number of unbranched alkanes of at least 4 members (excludes halogenated alkanes) is 23. The number of nitrogens with one attached hydrogen (secondary N) is 1. The lowest BCUT2D eigenvalue weighted by atomic mass is 10.0. The summed E-state index contributed by atoms with van der Waals surface area (Å²) in [5, 5.41) is 22.8. The van der Waals surface area contributed by atoms with E-state index in [4.69, 9.17) is 0 Å². The molecule has 0 spiro atoms. The SMILES string of the molecule is CCCCCCC/C=C/CC/C=C/C(O)C(CO)NC(=O)CCCCCCCCCCC/C=C\CCCCCCCCCC. The van der Waals surface area contributed by atoms with Crippen LogP contribution >= 0.6 is 0 Å². The molecule has 4 nitrogen and oxygen atoms in total. The van der Waals surface area contributed by atoms with E-state index in [0.717, 1.165) is 32.1 Å². The maximum absolute atomic E-state index is 12.3. The highest BCUT2D eigenvalue weighted by molar-refractivity contribution is 5.76. The molecule has 4 heteroatoms. The summed E-state index contributed by atoms with van der Waals surface area (Å²) in [6, 6.07) is -0.636. The molecule has 0 aliphatic heterocycles. The summed E-state index contributed by atoms with van der Waals surface area (Å²) >= 11 is 0. The molecule has 0 heterocycles. The first kappa shape index (κ1) is 42.6. The zero-order valence-electron chi connectivity index (χ0n) is 29.4. The van der Waals surface area contributed by atoms with Gasteiger partial charge in [-0.1, -0.05) is 166 Å². The number of amides is 1. The van der Waals surface area contributed by atoms with Gasteiger partial charge in [0.05, 0.1) is 18.8 Å². The maximum atomic E-state index is 12.3. The van der Waals surface area contributed by atoms with Crippen LogP contribution in [0.3, 0.4) is 0 Å². The lowest BCUT2D eigenvalue weighted by Gasteiger charge is -2.19. The van der Waals surface area contributed by atoms with Crippen molar-refractivity contribution in [1.29, 1.82) is 0 Å². The molecule has 0 fully saturated rings. The summed E-state index contributed by atoms with van der Waals surface area (Å²) in [5.74, 6) is -0.0785. The van der Waals surface area contributed by atoms with Gasteiger partial charge in [0.15, 0.2) is 0 Å². The Labute approximate surface area is 274 Å². The lowest BCUT2D eigenvalue weighted by molar-refractivity contribution is -0.123. The molecule has 2 atom stereocenters. The predicted octanol–water partition coefficient (Wildman–Crippen LogP) is 11.5. The normalized spacial score (nSPS) is 13.5. The predicted molar refractivity (Wildman–Crippen MR) is 193 cm³/mol. The molecule has 258 valence electrons. The Morgan fingerprint density at radius 1 is 0.523 bits per heavy atom. The average molecular weight is 618 g/mol. The Morgan fingerprint density at radius 3 is 1.32 bits per heavy atom. The third-order valence-corrected chi connectivity index (χ3v) is 8.60.